The number of aryl methyl sites for hydroxylation is 1. The van der Waals surface area contributed by atoms with Crippen LogP contribution in [0.15, 0.2) is 48.5 Å². The van der Waals surface area contributed by atoms with Crippen molar-refractivity contribution < 1.29 is 9.63 Å². The van der Waals surface area contributed by atoms with Crippen LogP contribution < -0.4 is 4.43 Å². The fourth-order valence-electron chi connectivity index (χ4n) is 2.90. The summed E-state index contributed by atoms with van der Waals surface area (Å²) in [6.07, 6.45) is 0. The molecule has 0 amide bonds. The van der Waals surface area contributed by atoms with Crippen molar-refractivity contribution in [1.82, 2.24) is 4.73 Å². The molecule has 5 heteroatoms. The molecule has 3 aromatic rings. The van der Waals surface area contributed by atoms with Crippen molar-refractivity contribution in [2.45, 2.75) is 20.8 Å². The predicted molar refractivity (Wildman–Crippen MR) is 95.1 cm³/mol. The van der Waals surface area contributed by atoms with Gasteiger partial charge in [0.2, 0.25) is 0 Å². The van der Waals surface area contributed by atoms with E-state index in [4.69, 9.17) is 11.6 Å². The van der Waals surface area contributed by atoms with Crippen LogP contribution in [-0.4, -0.2) is 9.94 Å². The van der Waals surface area contributed by atoms with Gasteiger partial charge in [-0.15, -0.1) is 0 Å². The molecule has 0 aliphatic heterocycles. The van der Waals surface area contributed by atoms with Crippen molar-refractivity contribution in [3.63, 3.8) is 0 Å². The van der Waals surface area contributed by atoms with Crippen molar-refractivity contribution in [2.75, 3.05) is 0 Å². The van der Waals surface area contributed by atoms with Gasteiger partial charge in [0.15, 0.2) is 0 Å². The molecule has 1 N–H and O–H groups in total. The first-order valence-electron chi connectivity index (χ1n) is 7.61. The molecule has 0 saturated carbocycles. The summed E-state index contributed by atoms with van der Waals surface area (Å²) in [6.45, 7) is 5.33. The molecule has 122 valence electrons. The van der Waals surface area contributed by atoms with Gasteiger partial charge in [-0.25, -0.2) is 0 Å². The summed E-state index contributed by atoms with van der Waals surface area (Å²) in [4.78, 5) is 13.1. The normalized spacial score (nSPS) is 10.8. The van der Waals surface area contributed by atoms with E-state index in [-0.39, 0.29) is 0 Å². The lowest BCUT2D eigenvalue weighted by atomic mass is 10.0. The van der Waals surface area contributed by atoms with E-state index in [0.29, 0.717) is 33.4 Å². The summed E-state index contributed by atoms with van der Waals surface area (Å²) < 4.78 is 1.95. The maximum absolute atomic E-state index is 13.1. The predicted octanol–water partition coefficient (Wildman–Crippen LogP) is 4.55. The second-order valence-electron chi connectivity index (χ2n) is 5.80. The number of hydrogen-bond donors (Lipinski definition) is 1. The Morgan fingerprint density at radius 3 is 2.08 bits per heavy atom. The molecule has 0 spiro atoms. The minimum absolute atomic E-state index is 0.404. The average molecular weight is 342 g/mol. The molecular weight excluding hydrogens is 324 g/mol. The van der Waals surface area contributed by atoms with E-state index in [9.17, 15) is 10.1 Å². The van der Waals surface area contributed by atoms with E-state index in [2.05, 4.69) is 0 Å². The SMILES string of the molecule is Cc1cc(-c2c(C)n(O)c(C)c(-c3ccccc3)[n+]2=O)ccc1Cl. The third-order valence-corrected chi connectivity index (χ3v) is 4.63. The molecule has 1 heterocycles. The second kappa shape index (κ2) is 6.13. The van der Waals surface area contributed by atoms with Crippen LogP contribution in [0.3, 0.4) is 0 Å². The highest BCUT2D eigenvalue weighted by Gasteiger charge is 2.28. The van der Waals surface area contributed by atoms with Gasteiger partial charge in [-0.1, -0.05) is 29.8 Å². The molecular formula is C19H18ClN2O2+. The topological polar surface area (TPSA) is 48.1 Å². The first-order chi connectivity index (χ1) is 11.4. The number of benzene rings is 2. The zero-order valence-corrected chi connectivity index (χ0v) is 14.5. The first kappa shape index (κ1) is 16.3. The number of nitrogens with zero attached hydrogens (tertiary/aromatic N) is 2. The van der Waals surface area contributed by atoms with Crippen LogP contribution in [0.4, 0.5) is 0 Å². The summed E-state index contributed by atoms with van der Waals surface area (Å²) >= 11 is 6.09. The minimum atomic E-state index is 0.404. The smallest absolute Gasteiger partial charge is 0.293 e. The van der Waals surface area contributed by atoms with E-state index in [1.165, 1.54) is 0 Å². The molecule has 24 heavy (non-hydrogen) atoms. The molecule has 2 aromatic carbocycles. The third kappa shape index (κ3) is 2.59. The number of halogens is 1. The average Bonchev–Trinajstić information content (AvgIpc) is 2.57. The minimum Gasteiger partial charge on any atom is -0.428 e. The Labute approximate surface area is 145 Å². The highest BCUT2D eigenvalue weighted by Crippen LogP contribution is 2.28. The third-order valence-electron chi connectivity index (χ3n) is 4.21. The Kier molecular flexibility index (Phi) is 4.16. The molecule has 0 aliphatic carbocycles. The van der Waals surface area contributed by atoms with Crippen LogP contribution in [-0.2, 0) is 0 Å². The summed E-state index contributed by atoms with van der Waals surface area (Å²) in [7, 11) is 0. The quantitative estimate of drug-likeness (QED) is 0.549. The fourth-order valence-corrected chi connectivity index (χ4v) is 3.02. The number of aromatic nitrogens is 2. The highest BCUT2D eigenvalue weighted by molar-refractivity contribution is 6.31. The van der Waals surface area contributed by atoms with E-state index in [1.807, 2.05) is 43.3 Å². The Morgan fingerprint density at radius 1 is 0.917 bits per heavy atom. The van der Waals surface area contributed by atoms with Crippen molar-refractivity contribution >= 4 is 11.6 Å². The Balaban J connectivity index is 2.37. The Morgan fingerprint density at radius 2 is 1.50 bits per heavy atom. The van der Waals surface area contributed by atoms with Gasteiger partial charge in [0, 0.05) is 9.93 Å². The monoisotopic (exact) mass is 341 g/mol. The highest BCUT2D eigenvalue weighted by atomic mass is 35.5. The van der Waals surface area contributed by atoms with Gasteiger partial charge in [-0.3, -0.25) is 0 Å². The maximum atomic E-state index is 13.1. The lowest BCUT2D eigenvalue weighted by Crippen LogP contribution is -2.28. The zero-order valence-electron chi connectivity index (χ0n) is 13.7. The Hall–Kier alpha value is -2.59. The molecule has 0 atom stereocenters. The van der Waals surface area contributed by atoms with Crippen LogP contribution in [0.1, 0.15) is 17.0 Å². The van der Waals surface area contributed by atoms with E-state index in [0.717, 1.165) is 20.3 Å². The number of rotatable bonds is 2. The molecule has 4 nitrogen and oxygen atoms in total. The summed E-state index contributed by atoms with van der Waals surface area (Å²) in [5.41, 5.74) is 4.13. The van der Waals surface area contributed by atoms with Gasteiger partial charge in [0.05, 0.1) is 15.6 Å². The lowest BCUT2D eigenvalue weighted by Gasteiger charge is -2.10. The van der Waals surface area contributed by atoms with Gasteiger partial charge in [0.25, 0.3) is 11.4 Å². The molecule has 0 fully saturated rings. The summed E-state index contributed by atoms with van der Waals surface area (Å²) in [6, 6.07) is 14.7. The first-order valence-corrected chi connectivity index (χ1v) is 7.99. The molecule has 1 aromatic heterocycles. The summed E-state index contributed by atoms with van der Waals surface area (Å²) in [5, 5.41) is 11.1. The largest absolute Gasteiger partial charge is 0.428 e. The second-order valence-corrected chi connectivity index (χ2v) is 6.21. The standard InChI is InChI=1S/C19H18ClN2O2/c1-12-11-16(9-10-17(12)20)19-14(3)21(23)13(2)18(22(19)24)15-7-5-4-6-8-15/h4-11,23H,1-3H3/q+1. The van der Waals surface area contributed by atoms with Crippen molar-refractivity contribution in [2.24, 2.45) is 0 Å². The molecule has 0 aliphatic rings. The zero-order chi connectivity index (χ0) is 17.4. The van der Waals surface area contributed by atoms with Crippen LogP contribution in [0, 0.1) is 25.7 Å². The van der Waals surface area contributed by atoms with Crippen LogP contribution in [0.25, 0.3) is 22.5 Å². The summed E-state index contributed by atoms with van der Waals surface area (Å²) in [5.74, 6) is 0. The van der Waals surface area contributed by atoms with E-state index in [1.54, 1.807) is 26.0 Å². The van der Waals surface area contributed by atoms with Crippen LogP contribution in [0.2, 0.25) is 5.02 Å². The van der Waals surface area contributed by atoms with Crippen molar-refractivity contribution in [1.29, 1.82) is 0 Å². The van der Waals surface area contributed by atoms with E-state index < -0.39 is 0 Å². The van der Waals surface area contributed by atoms with Gasteiger partial charge in [-0.05, 0) is 56.7 Å². The molecule has 0 saturated heterocycles. The van der Waals surface area contributed by atoms with Crippen LogP contribution >= 0.6 is 11.6 Å². The molecule has 0 radical (unpaired) electrons. The van der Waals surface area contributed by atoms with Gasteiger partial charge in [-0.2, -0.15) is 4.73 Å². The number of hydrogen-bond acceptors (Lipinski definition) is 2. The van der Waals surface area contributed by atoms with Gasteiger partial charge in [0.1, 0.15) is 11.4 Å². The lowest BCUT2D eigenvalue weighted by molar-refractivity contribution is -0.472. The molecule has 0 unspecified atom stereocenters. The Bertz CT molecular complexity index is 979. The van der Waals surface area contributed by atoms with Gasteiger partial charge < -0.3 is 5.21 Å². The van der Waals surface area contributed by atoms with Crippen molar-refractivity contribution in [3.05, 3.63) is 75.4 Å². The fraction of sp³-hybridized carbons (Fsp3) is 0.158. The molecule has 3 rings (SSSR count). The van der Waals surface area contributed by atoms with Crippen molar-refractivity contribution in [3.8, 4) is 22.5 Å². The van der Waals surface area contributed by atoms with Crippen LogP contribution in [0.5, 0.6) is 0 Å². The van der Waals surface area contributed by atoms with Gasteiger partial charge >= 0.3 is 0 Å². The maximum Gasteiger partial charge on any atom is 0.293 e. The molecule has 0 bridgehead atoms. The van der Waals surface area contributed by atoms with E-state index >= 15 is 0 Å².